The molecule has 0 bridgehead atoms. The van der Waals surface area contributed by atoms with Gasteiger partial charge in [0.25, 0.3) is 0 Å². The molecule has 76 valence electrons. The van der Waals surface area contributed by atoms with Gasteiger partial charge >= 0.3 is 0 Å². The Balaban J connectivity index is 2.91. The average molecular weight is 324 g/mol. The number of carbonyl (C=O) groups is 1. The maximum Gasteiger partial charge on any atom is 0.143 e. The van der Waals surface area contributed by atoms with Crippen LogP contribution in [0.1, 0.15) is 12.5 Å². The van der Waals surface area contributed by atoms with Crippen LogP contribution in [0.5, 0.6) is 0 Å². The Morgan fingerprint density at radius 1 is 1.57 bits per heavy atom. The van der Waals surface area contributed by atoms with Crippen LogP contribution in [-0.2, 0) is 11.2 Å². The average Bonchev–Trinajstić information content (AvgIpc) is 2.11. The summed E-state index contributed by atoms with van der Waals surface area (Å²) in [5.74, 6) is -0.287. The van der Waals surface area contributed by atoms with Gasteiger partial charge in [0.1, 0.15) is 11.6 Å². The first-order chi connectivity index (χ1) is 6.52. The molecule has 0 spiro atoms. The van der Waals surface area contributed by atoms with E-state index in [1.807, 2.05) is 0 Å². The molecule has 0 fully saturated rings. The Morgan fingerprint density at radius 3 is 2.71 bits per heavy atom. The van der Waals surface area contributed by atoms with Crippen LogP contribution in [0.25, 0.3) is 0 Å². The van der Waals surface area contributed by atoms with Crippen molar-refractivity contribution in [1.29, 1.82) is 0 Å². The van der Waals surface area contributed by atoms with E-state index in [0.717, 1.165) is 0 Å². The molecule has 0 aromatic heterocycles. The smallest absolute Gasteiger partial charge is 0.143 e. The minimum atomic E-state index is -0.323. The van der Waals surface area contributed by atoms with Gasteiger partial charge in [-0.3, -0.25) is 4.79 Å². The molecule has 0 aliphatic rings. The number of halogens is 3. The van der Waals surface area contributed by atoms with E-state index < -0.39 is 0 Å². The maximum absolute atomic E-state index is 13.3. The molecule has 1 unspecified atom stereocenters. The number of ketones is 1. The molecule has 0 aliphatic heterocycles. The molecule has 0 aliphatic carbocycles. The van der Waals surface area contributed by atoms with Gasteiger partial charge in [0.2, 0.25) is 0 Å². The molecule has 0 saturated heterocycles. The highest BCUT2D eigenvalue weighted by Gasteiger charge is 2.15. The highest BCUT2D eigenvalue weighted by Crippen LogP contribution is 2.23. The normalized spacial score (nSPS) is 12.6. The van der Waals surface area contributed by atoms with E-state index in [1.165, 1.54) is 13.0 Å². The molecular weight excluding hydrogens is 315 g/mol. The quantitative estimate of drug-likeness (QED) is 0.778. The lowest BCUT2D eigenvalue weighted by atomic mass is 10.1. The largest absolute Gasteiger partial charge is 0.299 e. The number of hydrogen-bond donors (Lipinski definition) is 0. The number of benzene rings is 1. The lowest BCUT2D eigenvalue weighted by Crippen LogP contribution is -2.14. The van der Waals surface area contributed by atoms with Crippen molar-refractivity contribution in [3.8, 4) is 0 Å². The van der Waals surface area contributed by atoms with Crippen LogP contribution < -0.4 is 0 Å². The van der Waals surface area contributed by atoms with E-state index in [9.17, 15) is 9.18 Å². The zero-order chi connectivity index (χ0) is 10.7. The summed E-state index contributed by atoms with van der Waals surface area (Å²) in [6.45, 7) is 1.48. The first-order valence-electron chi connectivity index (χ1n) is 4.09. The fraction of sp³-hybridized carbons (Fsp3) is 0.300. The summed E-state index contributed by atoms with van der Waals surface area (Å²) >= 11 is 6.46. The second kappa shape index (κ2) is 5.03. The third-order valence-corrected chi connectivity index (χ3v) is 3.60. The first kappa shape index (κ1) is 11.9. The van der Waals surface area contributed by atoms with Crippen molar-refractivity contribution >= 4 is 37.6 Å². The Kier molecular flexibility index (Phi) is 4.26. The number of rotatable bonds is 3. The van der Waals surface area contributed by atoms with Crippen molar-refractivity contribution in [3.05, 3.63) is 34.1 Å². The van der Waals surface area contributed by atoms with Gasteiger partial charge in [0.15, 0.2) is 0 Å². The van der Waals surface area contributed by atoms with E-state index in [-0.39, 0.29) is 16.4 Å². The molecule has 1 rings (SSSR count). The number of hydrogen-bond acceptors (Lipinski definition) is 1. The van der Waals surface area contributed by atoms with Crippen LogP contribution in [0.3, 0.4) is 0 Å². The second-order valence-electron chi connectivity index (χ2n) is 2.98. The minimum Gasteiger partial charge on any atom is -0.299 e. The molecule has 14 heavy (non-hydrogen) atoms. The van der Waals surface area contributed by atoms with Crippen LogP contribution in [0.15, 0.2) is 22.7 Å². The minimum absolute atomic E-state index is 0.000142. The van der Waals surface area contributed by atoms with E-state index >= 15 is 0 Å². The van der Waals surface area contributed by atoms with Gasteiger partial charge in [-0.05, 0) is 25.5 Å². The molecular formula is C10H9Br2FO. The van der Waals surface area contributed by atoms with E-state index in [1.54, 1.807) is 12.1 Å². The topological polar surface area (TPSA) is 17.1 Å². The van der Waals surface area contributed by atoms with Gasteiger partial charge in [-0.15, -0.1) is 0 Å². The fourth-order valence-corrected chi connectivity index (χ4v) is 1.88. The first-order valence-corrected chi connectivity index (χ1v) is 5.80. The zero-order valence-corrected chi connectivity index (χ0v) is 10.7. The van der Waals surface area contributed by atoms with Crippen molar-refractivity contribution in [2.45, 2.75) is 18.2 Å². The van der Waals surface area contributed by atoms with E-state index in [4.69, 9.17) is 0 Å². The lowest BCUT2D eigenvalue weighted by Gasteiger charge is -2.08. The Bertz CT molecular complexity index is 332. The van der Waals surface area contributed by atoms with Crippen LogP contribution >= 0.6 is 31.9 Å². The molecule has 1 atom stereocenters. The van der Waals surface area contributed by atoms with Crippen molar-refractivity contribution in [3.63, 3.8) is 0 Å². The molecule has 0 radical (unpaired) electrons. The Labute approximate surface area is 99.0 Å². The van der Waals surface area contributed by atoms with Crippen LogP contribution in [0.2, 0.25) is 0 Å². The molecule has 0 N–H and O–H groups in total. The molecule has 0 saturated carbocycles. The van der Waals surface area contributed by atoms with Gasteiger partial charge in [-0.2, -0.15) is 0 Å². The van der Waals surface area contributed by atoms with Gasteiger partial charge < -0.3 is 0 Å². The summed E-state index contributed by atoms with van der Waals surface area (Å²) in [5.41, 5.74) is 0.532. The highest BCUT2D eigenvalue weighted by molar-refractivity contribution is 9.10. The highest BCUT2D eigenvalue weighted by atomic mass is 79.9. The van der Waals surface area contributed by atoms with E-state index in [0.29, 0.717) is 16.5 Å². The summed E-state index contributed by atoms with van der Waals surface area (Å²) in [5, 5.41) is 0. The van der Waals surface area contributed by atoms with Gasteiger partial charge in [0, 0.05) is 10.0 Å². The fourth-order valence-electron chi connectivity index (χ4n) is 1.05. The standard InChI is InChI=1S/C10H9Br2FO/c1-6(14)9(12)5-7-8(11)3-2-4-10(7)13/h2-4,9H,5H2,1H3. The molecule has 1 nitrogen and oxygen atoms in total. The summed E-state index contributed by atoms with van der Waals surface area (Å²) in [4.78, 5) is 10.7. The maximum atomic E-state index is 13.3. The molecule has 0 heterocycles. The summed E-state index contributed by atoms with van der Waals surface area (Å²) < 4.78 is 14.0. The zero-order valence-electron chi connectivity index (χ0n) is 7.56. The summed E-state index contributed by atoms with van der Waals surface area (Å²) in [6.07, 6.45) is 0.364. The predicted octanol–water partition coefficient (Wildman–Crippen LogP) is 3.48. The van der Waals surface area contributed by atoms with Crippen LogP contribution in [0.4, 0.5) is 4.39 Å². The third-order valence-electron chi connectivity index (χ3n) is 1.89. The number of alkyl halides is 1. The Morgan fingerprint density at radius 2 is 2.21 bits per heavy atom. The van der Waals surface area contributed by atoms with Crippen molar-refractivity contribution in [2.24, 2.45) is 0 Å². The third kappa shape index (κ3) is 2.89. The van der Waals surface area contributed by atoms with Gasteiger partial charge in [-0.25, -0.2) is 4.39 Å². The van der Waals surface area contributed by atoms with Crippen molar-refractivity contribution < 1.29 is 9.18 Å². The number of carbonyl (C=O) groups excluding carboxylic acids is 1. The molecule has 1 aromatic carbocycles. The van der Waals surface area contributed by atoms with Crippen LogP contribution in [0, 0.1) is 5.82 Å². The lowest BCUT2D eigenvalue weighted by molar-refractivity contribution is -0.116. The monoisotopic (exact) mass is 322 g/mol. The molecule has 4 heteroatoms. The summed E-state index contributed by atoms with van der Waals surface area (Å²) in [6, 6.07) is 4.78. The van der Waals surface area contributed by atoms with E-state index in [2.05, 4.69) is 31.9 Å². The second-order valence-corrected chi connectivity index (χ2v) is 4.94. The molecule has 1 aromatic rings. The molecule has 0 amide bonds. The van der Waals surface area contributed by atoms with Crippen LogP contribution in [-0.4, -0.2) is 10.6 Å². The van der Waals surface area contributed by atoms with Crippen molar-refractivity contribution in [2.75, 3.05) is 0 Å². The predicted molar refractivity (Wildman–Crippen MR) is 61.2 cm³/mol. The van der Waals surface area contributed by atoms with Crippen molar-refractivity contribution in [1.82, 2.24) is 0 Å². The SMILES string of the molecule is CC(=O)C(Br)Cc1c(F)cccc1Br. The Hall–Kier alpha value is -0.220. The summed E-state index contributed by atoms with van der Waals surface area (Å²) in [7, 11) is 0. The number of Topliss-reactive ketones (excluding diaryl/α,β-unsaturated/α-hetero) is 1. The van der Waals surface area contributed by atoms with Gasteiger partial charge in [-0.1, -0.05) is 37.9 Å². The van der Waals surface area contributed by atoms with Gasteiger partial charge in [0.05, 0.1) is 4.83 Å².